The smallest absolute Gasteiger partial charge is 0.348 e. The maximum absolute atomic E-state index is 14.7. The maximum Gasteiger partial charge on any atom is 0.348 e. The first-order chi connectivity index (χ1) is 31.5. The molecule has 10 heteroatoms. The number of fused-ring (bicyclic) bond motifs is 9. The van der Waals surface area contributed by atoms with E-state index in [2.05, 4.69) is 131 Å². The third kappa shape index (κ3) is 7.16. The van der Waals surface area contributed by atoms with E-state index >= 15 is 0 Å². The molecule has 0 N–H and O–H groups in total. The van der Waals surface area contributed by atoms with Crippen molar-refractivity contribution >= 4 is 50.7 Å². The predicted octanol–water partition coefficient (Wildman–Crippen LogP) is 9.12. The maximum atomic E-state index is 14.7. The van der Waals surface area contributed by atoms with Gasteiger partial charge in [-0.2, -0.15) is 0 Å². The van der Waals surface area contributed by atoms with Gasteiger partial charge in [-0.05, 0) is 134 Å². The zero-order valence-corrected chi connectivity index (χ0v) is 38.5. The van der Waals surface area contributed by atoms with Gasteiger partial charge in [0.2, 0.25) is 12.7 Å². The second-order valence-electron chi connectivity index (χ2n) is 21.1. The summed E-state index contributed by atoms with van der Waals surface area (Å²) in [6.45, 7) is 8.78. The highest BCUT2D eigenvalue weighted by Gasteiger charge is 2.65. The first-order valence-electron chi connectivity index (χ1n) is 24.4. The lowest BCUT2D eigenvalue weighted by Gasteiger charge is -2.62. The van der Waals surface area contributed by atoms with Crippen LogP contribution in [0.5, 0.6) is 0 Å². The number of carbonyl (C=O) groups excluding carboxylic acids is 3. The zero-order valence-electron chi connectivity index (χ0n) is 38.5. The van der Waals surface area contributed by atoms with Crippen molar-refractivity contribution in [2.24, 2.45) is 46.3 Å². The van der Waals surface area contributed by atoms with E-state index in [0.29, 0.717) is 49.1 Å². The quantitative estimate of drug-likeness (QED) is 0.0997. The van der Waals surface area contributed by atoms with Crippen molar-refractivity contribution < 1.29 is 37.7 Å². The molecule has 4 fully saturated rings. The monoisotopic (exact) mass is 876 g/mol. The lowest BCUT2D eigenvalue weighted by molar-refractivity contribution is -0.663. The Kier molecular flexibility index (Phi) is 10.6. The SMILES string of the molecule is COC(=O)CC[C@@H](C)[C@H]1CC[C@H]2[C@@H]3CC[C@@H]4C[C@H]5CC[C@]4(C)[C@H]3C[C@H](OC(=O)Cn3c[n+](c4ccccc43)Cc3cccc4cccc(c34)C[n+]3cn(c4ccccc43)CC(=O)O5)[C@]12C. The molecule has 4 saturated carbocycles. The average Bonchev–Trinajstić information content (AvgIpc) is 3.96. The van der Waals surface area contributed by atoms with Crippen LogP contribution in [0.25, 0.3) is 32.8 Å². The molecule has 2 aromatic heterocycles. The standard InChI is InChI=1S/C55H64N4O6/c1-35(19-24-50(60)63-4)42-22-23-43-41-21-20-39-27-40-25-26-54(39,2)44(41)28-49(55(42,43)3)65-52(62)32-59-34-57(46-16-6-8-18-48(46)59)30-38-14-10-12-36-11-9-13-37(53(36)38)29-56-33-58(31-51(61)64-40)47-17-7-5-15-45(47)56/h5-18,33-35,39-44,49H,19-32H2,1-4H3/q+2/t35-,39-,40-,41+,42-,43+,44+,49+,54+,55-/m1/s1. The van der Waals surface area contributed by atoms with Gasteiger partial charge in [0.1, 0.15) is 25.3 Å². The Hall–Kier alpha value is -5.51. The van der Waals surface area contributed by atoms with Gasteiger partial charge < -0.3 is 14.2 Å². The Morgan fingerprint density at radius 2 is 1.38 bits per heavy atom. The van der Waals surface area contributed by atoms with Crippen molar-refractivity contribution in [3.63, 3.8) is 0 Å². The van der Waals surface area contributed by atoms with Gasteiger partial charge in [0.25, 0.3) is 0 Å². The lowest BCUT2D eigenvalue weighted by atomic mass is 9.43. The summed E-state index contributed by atoms with van der Waals surface area (Å²) >= 11 is 0. The Morgan fingerprint density at radius 1 is 0.754 bits per heavy atom. The van der Waals surface area contributed by atoms with Crippen LogP contribution in [0.1, 0.15) is 96.1 Å². The largest absolute Gasteiger partial charge is 0.469 e. The second kappa shape index (κ2) is 16.4. The number of rotatable bonds is 4. The van der Waals surface area contributed by atoms with E-state index in [0.717, 1.165) is 79.9 Å². The second-order valence-corrected chi connectivity index (χ2v) is 21.1. The van der Waals surface area contributed by atoms with Gasteiger partial charge in [0.15, 0.2) is 35.2 Å². The van der Waals surface area contributed by atoms with Crippen LogP contribution in [-0.2, 0) is 54.8 Å². The van der Waals surface area contributed by atoms with Gasteiger partial charge >= 0.3 is 17.9 Å². The molecule has 10 nitrogen and oxygen atoms in total. The van der Waals surface area contributed by atoms with Crippen LogP contribution in [0.3, 0.4) is 0 Å². The van der Waals surface area contributed by atoms with E-state index in [1.54, 1.807) is 0 Å². The van der Waals surface area contributed by atoms with Crippen LogP contribution in [0.4, 0.5) is 0 Å². The van der Waals surface area contributed by atoms with Crippen LogP contribution < -0.4 is 9.13 Å². The van der Waals surface area contributed by atoms with Gasteiger partial charge in [-0.1, -0.05) is 81.4 Å². The van der Waals surface area contributed by atoms with Crippen molar-refractivity contribution in [2.45, 2.75) is 123 Å². The first-order valence-corrected chi connectivity index (χ1v) is 24.4. The minimum Gasteiger partial charge on any atom is -0.469 e. The number of hydrogen-bond acceptors (Lipinski definition) is 6. The van der Waals surface area contributed by atoms with E-state index < -0.39 is 0 Å². The van der Waals surface area contributed by atoms with Crippen molar-refractivity contribution in [1.29, 1.82) is 0 Å². The average molecular weight is 877 g/mol. The van der Waals surface area contributed by atoms with E-state index in [1.165, 1.54) is 29.0 Å². The summed E-state index contributed by atoms with van der Waals surface area (Å²) in [6.07, 6.45) is 13.0. The van der Waals surface area contributed by atoms with E-state index in [1.807, 2.05) is 6.07 Å². The van der Waals surface area contributed by atoms with Crippen LogP contribution in [0.15, 0.2) is 97.6 Å². The molecule has 4 heterocycles. The molecule has 6 aliphatic rings. The Balaban J connectivity index is 0.999. The van der Waals surface area contributed by atoms with Crippen molar-refractivity contribution in [3.05, 3.63) is 109 Å². The number of ether oxygens (including phenoxy) is 3. The summed E-state index contributed by atoms with van der Waals surface area (Å²) in [5.74, 6) is 1.88. The van der Waals surface area contributed by atoms with Gasteiger partial charge in [-0.3, -0.25) is 4.79 Å². The Labute approximate surface area is 381 Å². The molecule has 4 aliphatic carbocycles. The summed E-state index contributed by atoms with van der Waals surface area (Å²) < 4.78 is 27.2. The van der Waals surface area contributed by atoms with E-state index in [-0.39, 0.29) is 60.0 Å². The molecular formula is C55H64N4O6+2. The van der Waals surface area contributed by atoms with Crippen LogP contribution in [-0.4, -0.2) is 46.4 Å². The number of imidazole rings is 2. The normalized spacial score (nSPS) is 30.7. The molecule has 12 rings (SSSR count). The topological polar surface area (TPSA) is 96.5 Å². The fourth-order valence-electron chi connectivity index (χ4n) is 14.9. The number of para-hydroxylation sites is 4. The molecule has 6 aromatic rings. The van der Waals surface area contributed by atoms with Gasteiger partial charge in [-0.15, -0.1) is 0 Å². The number of nitrogens with zero attached hydrogens (tertiary/aromatic N) is 4. The Bertz CT molecular complexity index is 2820. The lowest BCUT2D eigenvalue weighted by Crippen LogP contribution is -2.59. The van der Waals surface area contributed by atoms with Crippen molar-refractivity contribution in [2.75, 3.05) is 7.11 Å². The molecule has 4 aromatic carbocycles. The first kappa shape index (κ1) is 42.1. The number of carbonyl (C=O) groups is 3. The van der Waals surface area contributed by atoms with E-state index in [4.69, 9.17) is 14.2 Å². The third-order valence-electron chi connectivity index (χ3n) is 18.0. The number of aromatic nitrogens is 4. The minimum atomic E-state index is -0.242. The summed E-state index contributed by atoms with van der Waals surface area (Å²) in [6, 6.07) is 29.8. The summed E-state index contributed by atoms with van der Waals surface area (Å²) in [5.41, 5.74) is 6.37. The molecule has 0 saturated heterocycles. The van der Waals surface area contributed by atoms with Crippen LogP contribution in [0.2, 0.25) is 0 Å². The van der Waals surface area contributed by atoms with Crippen LogP contribution >= 0.6 is 0 Å². The molecule has 0 spiro atoms. The fraction of sp³-hybridized carbons (Fsp3) is 0.509. The van der Waals surface area contributed by atoms with Gasteiger partial charge in [0.05, 0.1) is 7.11 Å². The number of hydrogen-bond donors (Lipinski definition) is 0. The molecular weight excluding hydrogens is 813 g/mol. The highest BCUT2D eigenvalue weighted by molar-refractivity contribution is 5.89. The minimum absolute atomic E-state index is 0.0592. The van der Waals surface area contributed by atoms with Gasteiger partial charge in [-0.25, -0.2) is 27.9 Å². The molecule has 0 amide bonds. The van der Waals surface area contributed by atoms with Gasteiger partial charge in [0, 0.05) is 23.0 Å². The summed E-state index contributed by atoms with van der Waals surface area (Å²) in [5, 5.41) is 2.37. The third-order valence-corrected chi connectivity index (χ3v) is 18.0. The van der Waals surface area contributed by atoms with Crippen LogP contribution in [0, 0.1) is 46.3 Å². The molecule has 0 unspecified atom stereocenters. The molecule has 338 valence electrons. The molecule has 9 bridgehead atoms. The highest BCUT2D eigenvalue weighted by Crippen LogP contribution is 2.69. The number of benzene rings is 4. The summed E-state index contributed by atoms with van der Waals surface area (Å²) in [4.78, 5) is 41.1. The highest BCUT2D eigenvalue weighted by atomic mass is 16.5. The molecule has 65 heavy (non-hydrogen) atoms. The zero-order chi connectivity index (χ0) is 44.6. The molecule has 10 atom stereocenters. The van der Waals surface area contributed by atoms with Crippen molar-refractivity contribution in [3.8, 4) is 0 Å². The number of esters is 3. The predicted molar refractivity (Wildman–Crippen MR) is 247 cm³/mol. The summed E-state index contributed by atoms with van der Waals surface area (Å²) in [7, 11) is 1.47. The molecule has 0 radical (unpaired) electrons. The number of methoxy groups -OCH3 is 1. The Morgan fingerprint density at radius 3 is 2.03 bits per heavy atom. The van der Waals surface area contributed by atoms with E-state index in [9.17, 15) is 14.4 Å². The van der Waals surface area contributed by atoms with Crippen molar-refractivity contribution in [1.82, 2.24) is 9.13 Å². The molecule has 2 aliphatic heterocycles. The fourth-order valence-corrected chi connectivity index (χ4v) is 14.9.